The quantitative estimate of drug-likeness (QED) is 0.396. The van der Waals surface area contributed by atoms with Crippen LogP contribution in [0.2, 0.25) is 0 Å². The average Bonchev–Trinajstić information content (AvgIpc) is 2.38. The first-order chi connectivity index (χ1) is 9.04. The minimum absolute atomic E-state index is 0.276. The summed E-state index contributed by atoms with van der Waals surface area (Å²) in [6.45, 7) is 12.0. The molecule has 0 fully saturated rings. The van der Waals surface area contributed by atoms with Crippen LogP contribution < -0.4 is 0 Å². The van der Waals surface area contributed by atoms with Crippen molar-refractivity contribution in [3.05, 3.63) is 42.2 Å². The largest absolute Gasteiger partial charge is 0.357 e. The van der Waals surface area contributed by atoms with E-state index in [9.17, 15) is 4.39 Å². The molecular weight excluding hydrogens is 241 g/mol. The Morgan fingerprint density at radius 3 is 2.21 bits per heavy atom. The Hall–Kier alpha value is -1.64. The van der Waals surface area contributed by atoms with Crippen LogP contribution in [0.3, 0.4) is 0 Å². The summed E-state index contributed by atoms with van der Waals surface area (Å²) in [6.07, 6.45) is 3.18. The van der Waals surface area contributed by atoms with E-state index in [0.717, 1.165) is 24.1 Å². The molecule has 0 atom stereocenters. The minimum atomic E-state index is -0.276. The van der Waals surface area contributed by atoms with E-state index in [4.69, 9.17) is 4.84 Å². The molecule has 0 unspecified atom stereocenters. The molecule has 2 nitrogen and oxygen atoms in total. The molecule has 3 heteroatoms. The fraction of sp³-hybridized carbons (Fsp3) is 0.438. The van der Waals surface area contributed by atoms with Crippen molar-refractivity contribution in [2.75, 3.05) is 0 Å². The van der Waals surface area contributed by atoms with Gasteiger partial charge in [0.25, 0.3) is 0 Å². The number of nitrogens with zero attached hydrogens (tertiary/aromatic N) is 1. The maximum absolute atomic E-state index is 12.7. The molecule has 0 aliphatic rings. The monoisotopic (exact) mass is 265 g/mol. The van der Waals surface area contributed by atoms with Crippen molar-refractivity contribution in [3.8, 4) is 0 Å². The number of benzene rings is 1. The fourth-order valence-electron chi connectivity index (χ4n) is 1.23. The van der Waals surface area contributed by atoms with Gasteiger partial charge in [0.2, 0.25) is 0 Å². The van der Waals surface area contributed by atoms with Crippen molar-refractivity contribution in [3.63, 3.8) is 0 Å². The summed E-state index contributed by atoms with van der Waals surface area (Å²) in [7, 11) is 0. The van der Waals surface area contributed by atoms with Gasteiger partial charge in [-0.2, -0.15) is 0 Å². The Labute approximate surface area is 116 Å². The number of hydrogen-bond acceptors (Lipinski definition) is 2. The molecule has 0 spiro atoms. The predicted octanol–water partition coefficient (Wildman–Crippen LogP) is 5.41. The van der Waals surface area contributed by atoms with Crippen molar-refractivity contribution in [1.29, 1.82) is 0 Å². The third kappa shape index (κ3) is 8.14. The van der Waals surface area contributed by atoms with Crippen molar-refractivity contribution >= 4 is 11.5 Å². The van der Waals surface area contributed by atoms with E-state index in [1.165, 1.54) is 18.6 Å². The molecule has 0 aliphatic carbocycles. The Morgan fingerprint density at radius 1 is 1.21 bits per heavy atom. The zero-order valence-corrected chi connectivity index (χ0v) is 12.4. The molecule has 0 heterocycles. The Kier molecular flexibility index (Phi) is 9.41. The summed E-state index contributed by atoms with van der Waals surface area (Å²) >= 11 is 0. The van der Waals surface area contributed by atoms with Crippen LogP contribution in [-0.2, 0) is 4.84 Å². The van der Waals surface area contributed by atoms with Gasteiger partial charge in [-0.3, -0.25) is 0 Å². The second-order valence-corrected chi connectivity index (χ2v) is 4.31. The first-order valence-electron chi connectivity index (χ1n) is 6.70. The molecular formula is C16H24FNO. The van der Waals surface area contributed by atoms with Gasteiger partial charge in [0.15, 0.2) is 5.76 Å². The highest BCUT2D eigenvalue weighted by Gasteiger charge is 2.00. The van der Waals surface area contributed by atoms with E-state index >= 15 is 0 Å². The van der Waals surface area contributed by atoms with Gasteiger partial charge in [-0.1, -0.05) is 45.3 Å². The van der Waals surface area contributed by atoms with Crippen molar-refractivity contribution in [2.45, 2.75) is 47.0 Å². The van der Waals surface area contributed by atoms with E-state index < -0.39 is 0 Å². The van der Waals surface area contributed by atoms with Crippen LogP contribution in [0.4, 0.5) is 4.39 Å². The SMILES string of the molecule is C=C(O/N=C(\C)CCC)c1ccc(F)cc1.CCC. The van der Waals surface area contributed by atoms with E-state index in [1.807, 2.05) is 6.92 Å². The smallest absolute Gasteiger partial charge is 0.158 e. The van der Waals surface area contributed by atoms with Gasteiger partial charge < -0.3 is 4.84 Å². The topological polar surface area (TPSA) is 21.6 Å². The van der Waals surface area contributed by atoms with Crippen LogP contribution in [0.5, 0.6) is 0 Å². The van der Waals surface area contributed by atoms with Gasteiger partial charge in [-0.05, 0) is 37.6 Å². The lowest BCUT2D eigenvalue weighted by Crippen LogP contribution is -1.92. The summed E-state index contributed by atoms with van der Waals surface area (Å²) in [6, 6.07) is 5.96. The molecule has 0 aliphatic heterocycles. The Morgan fingerprint density at radius 2 is 1.74 bits per heavy atom. The molecule has 0 aromatic heterocycles. The summed E-state index contributed by atoms with van der Waals surface area (Å²) in [5, 5.41) is 3.94. The molecule has 0 radical (unpaired) electrons. The van der Waals surface area contributed by atoms with Crippen LogP contribution in [-0.4, -0.2) is 5.71 Å². The van der Waals surface area contributed by atoms with E-state index in [0.29, 0.717) is 5.76 Å². The van der Waals surface area contributed by atoms with E-state index in [1.54, 1.807) is 12.1 Å². The highest BCUT2D eigenvalue weighted by atomic mass is 19.1. The lowest BCUT2D eigenvalue weighted by Gasteiger charge is -2.04. The van der Waals surface area contributed by atoms with Gasteiger partial charge in [0.1, 0.15) is 5.82 Å². The maximum atomic E-state index is 12.7. The first-order valence-corrected chi connectivity index (χ1v) is 6.70. The third-order valence-corrected chi connectivity index (χ3v) is 2.09. The maximum Gasteiger partial charge on any atom is 0.158 e. The third-order valence-electron chi connectivity index (χ3n) is 2.09. The van der Waals surface area contributed by atoms with Gasteiger partial charge in [0.05, 0.1) is 5.71 Å². The Bertz CT molecular complexity index is 396. The second kappa shape index (κ2) is 10.3. The fourth-order valence-corrected chi connectivity index (χ4v) is 1.23. The normalized spacial score (nSPS) is 10.5. The molecule has 0 saturated heterocycles. The molecule has 0 saturated carbocycles. The number of halogens is 1. The van der Waals surface area contributed by atoms with E-state index in [-0.39, 0.29) is 5.82 Å². The molecule has 0 amide bonds. The van der Waals surface area contributed by atoms with Crippen molar-refractivity contribution in [1.82, 2.24) is 0 Å². The van der Waals surface area contributed by atoms with Gasteiger partial charge in [-0.15, -0.1) is 0 Å². The molecule has 1 aromatic rings. The van der Waals surface area contributed by atoms with Crippen LogP contribution in [0.15, 0.2) is 36.0 Å². The summed E-state index contributed by atoms with van der Waals surface area (Å²) in [4.78, 5) is 5.15. The summed E-state index contributed by atoms with van der Waals surface area (Å²) in [5.41, 5.74) is 1.65. The Balaban J connectivity index is 0.000000982. The highest BCUT2D eigenvalue weighted by Crippen LogP contribution is 2.14. The van der Waals surface area contributed by atoms with Crippen LogP contribution >= 0.6 is 0 Å². The summed E-state index contributed by atoms with van der Waals surface area (Å²) in [5.74, 6) is 0.151. The van der Waals surface area contributed by atoms with Crippen LogP contribution in [0.1, 0.15) is 52.5 Å². The van der Waals surface area contributed by atoms with Gasteiger partial charge in [0, 0.05) is 5.56 Å². The highest BCUT2D eigenvalue weighted by molar-refractivity contribution is 5.81. The lowest BCUT2D eigenvalue weighted by atomic mass is 10.2. The zero-order valence-electron chi connectivity index (χ0n) is 12.4. The molecule has 106 valence electrons. The number of oxime groups is 1. The standard InChI is InChI=1S/C13H16FNO.C3H8/c1-4-5-10(2)15-16-11(3)12-6-8-13(14)9-7-12;1-3-2/h6-9H,3-5H2,1-2H3;3H2,1-2H3/b15-10+;. The number of hydrogen-bond donors (Lipinski definition) is 0. The van der Waals surface area contributed by atoms with Crippen LogP contribution in [0, 0.1) is 5.82 Å². The molecule has 0 bridgehead atoms. The minimum Gasteiger partial charge on any atom is -0.357 e. The lowest BCUT2D eigenvalue weighted by molar-refractivity contribution is 0.297. The molecule has 1 rings (SSSR count). The molecule has 19 heavy (non-hydrogen) atoms. The number of rotatable bonds is 5. The van der Waals surface area contributed by atoms with Crippen molar-refractivity contribution < 1.29 is 9.23 Å². The summed E-state index contributed by atoms with van der Waals surface area (Å²) < 4.78 is 12.7. The second-order valence-electron chi connectivity index (χ2n) is 4.31. The predicted molar refractivity (Wildman–Crippen MR) is 80.5 cm³/mol. The zero-order chi connectivity index (χ0) is 14.7. The first kappa shape index (κ1) is 17.4. The van der Waals surface area contributed by atoms with Gasteiger partial charge in [-0.25, -0.2) is 4.39 Å². The molecule has 0 N–H and O–H groups in total. The van der Waals surface area contributed by atoms with Crippen LogP contribution in [0.25, 0.3) is 5.76 Å². The van der Waals surface area contributed by atoms with Crippen molar-refractivity contribution in [2.24, 2.45) is 5.16 Å². The molecule has 1 aromatic carbocycles. The van der Waals surface area contributed by atoms with E-state index in [2.05, 4.69) is 32.5 Å². The average molecular weight is 265 g/mol. The van der Waals surface area contributed by atoms with Gasteiger partial charge >= 0.3 is 0 Å².